The van der Waals surface area contributed by atoms with Gasteiger partial charge in [0, 0.05) is 18.0 Å². The molecule has 4 N–H and O–H groups in total. The van der Waals surface area contributed by atoms with E-state index in [4.69, 9.17) is 10.8 Å². The van der Waals surface area contributed by atoms with Gasteiger partial charge in [-0.05, 0) is 44.4 Å². The zero-order chi connectivity index (χ0) is 14.8. The van der Waals surface area contributed by atoms with Gasteiger partial charge in [0.2, 0.25) is 0 Å². The van der Waals surface area contributed by atoms with E-state index in [1.165, 1.54) is 38.5 Å². The van der Waals surface area contributed by atoms with E-state index in [1.807, 2.05) is 6.92 Å². The molecule has 2 saturated carbocycles. The van der Waals surface area contributed by atoms with Crippen molar-refractivity contribution >= 4 is 11.6 Å². The van der Waals surface area contributed by atoms with E-state index in [1.54, 1.807) is 0 Å². The van der Waals surface area contributed by atoms with Gasteiger partial charge in [-0.1, -0.05) is 19.8 Å². The van der Waals surface area contributed by atoms with Gasteiger partial charge in [0.05, 0.1) is 0 Å². The highest BCUT2D eigenvalue weighted by atomic mass is 15.3. The van der Waals surface area contributed by atoms with Crippen LogP contribution in [0.25, 0.3) is 0 Å². The molecule has 5 nitrogen and oxygen atoms in total. The number of hydrogen-bond donors (Lipinski definition) is 3. The third kappa shape index (κ3) is 3.46. The van der Waals surface area contributed by atoms with Crippen molar-refractivity contribution in [3.05, 3.63) is 11.4 Å². The van der Waals surface area contributed by atoms with Gasteiger partial charge in [0.25, 0.3) is 0 Å². The van der Waals surface area contributed by atoms with Gasteiger partial charge in [0.15, 0.2) is 0 Å². The molecule has 2 atom stereocenters. The molecule has 0 saturated heterocycles. The lowest BCUT2D eigenvalue weighted by Gasteiger charge is -2.27. The van der Waals surface area contributed by atoms with Crippen LogP contribution in [0, 0.1) is 18.8 Å². The maximum absolute atomic E-state index is 5.60. The Balaban J connectivity index is 1.70. The number of nitrogens with one attached hydrogen (secondary N) is 2. The molecule has 0 aromatic carbocycles. The first-order valence-corrected chi connectivity index (χ1v) is 8.26. The molecule has 0 bridgehead atoms. The van der Waals surface area contributed by atoms with Crippen LogP contribution >= 0.6 is 0 Å². The Morgan fingerprint density at radius 1 is 1.14 bits per heavy atom. The molecule has 0 amide bonds. The minimum Gasteiger partial charge on any atom is -0.369 e. The average Bonchev–Trinajstić information content (AvgIpc) is 3.31. The predicted molar refractivity (Wildman–Crippen MR) is 86.2 cm³/mol. The summed E-state index contributed by atoms with van der Waals surface area (Å²) in [6, 6.07) is 0. The summed E-state index contributed by atoms with van der Waals surface area (Å²) >= 11 is 0. The Morgan fingerprint density at radius 3 is 2.57 bits per heavy atom. The van der Waals surface area contributed by atoms with Gasteiger partial charge >= 0.3 is 0 Å². The topological polar surface area (TPSA) is 75.9 Å². The van der Waals surface area contributed by atoms with E-state index in [0.29, 0.717) is 5.92 Å². The van der Waals surface area contributed by atoms with E-state index < -0.39 is 0 Å². The normalized spacial score (nSPS) is 25.7. The first-order chi connectivity index (χ1) is 10.2. The number of hydrogen-bond acceptors (Lipinski definition) is 5. The molecule has 0 spiro atoms. The lowest BCUT2D eigenvalue weighted by molar-refractivity contribution is 0.293. The number of aromatic nitrogens is 2. The maximum atomic E-state index is 5.60. The summed E-state index contributed by atoms with van der Waals surface area (Å²) in [5, 5.41) is 3.55. The van der Waals surface area contributed by atoms with Crippen LogP contribution in [-0.2, 0) is 0 Å². The minimum atomic E-state index is 0.535. The second-order valence-corrected chi connectivity index (χ2v) is 6.84. The Bertz CT molecular complexity index is 498. The first-order valence-electron chi connectivity index (χ1n) is 8.26. The van der Waals surface area contributed by atoms with Crippen LogP contribution in [0.4, 0.5) is 11.6 Å². The fraction of sp³-hybridized carbons (Fsp3) is 0.750. The van der Waals surface area contributed by atoms with E-state index in [0.717, 1.165) is 41.4 Å². The number of hydrazine groups is 1. The van der Waals surface area contributed by atoms with Crippen molar-refractivity contribution in [3.8, 4) is 0 Å². The predicted octanol–water partition coefficient (Wildman–Crippen LogP) is 3.19. The number of nitrogen functional groups attached to an aromatic ring is 1. The highest BCUT2D eigenvalue weighted by molar-refractivity contribution is 5.57. The number of rotatable bonds is 5. The van der Waals surface area contributed by atoms with Gasteiger partial charge in [-0.3, -0.25) is 0 Å². The van der Waals surface area contributed by atoms with Crippen molar-refractivity contribution in [1.29, 1.82) is 0 Å². The molecule has 21 heavy (non-hydrogen) atoms. The van der Waals surface area contributed by atoms with E-state index >= 15 is 0 Å². The van der Waals surface area contributed by atoms with Crippen LogP contribution in [0.1, 0.15) is 62.8 Å². The zero-order valence-electron chi connectivity index (χ0n) is 13.2. The van der Waals surface area contributed by atoms with Crippen molar-refractivity contribution in [2.24, 2.45) is 17.7 Å². The monoisotopic (exact) mass is 289 g/mol. The number of nitrogens with two attached hydrogens (primary N) is 1. The summed E-state index contributed by atoms with van der Waals surface area (Å²) in [5.41, 5.74) is 3.73. The molecule has 2 unspecified atom stereocenters. The van der Waals surface area contributed by atoms with Gasteiger partial charge in [-0.2, -0.15) is 0 Å². The molecule has 2 aliphatic carbocycles. The van der Waals surface area contributed by atoms with Gasteiger partial charge in [-0.15, -0.1) is 0 Å². The first kappa shape index (κ1) is 14.6. The van der Waals surface area contributed by atoms with Crippen LogP contribution in [0.15, 0.2) is 0 Å². The summed E-state index contributed by atoms with van der Waals surface area (Å²) in [4.78, 5) is 9.26. The summed E-state index contributed by atoms with van der Waals surface area (Å²) in [5.74, 6) is 10.4. The van der Waals surface area contributed by atoms with Crippen LogP contribution in [0.5, 0.6) is 0 Å². The molecule has 2 fully saturated rings. The molecular formula is C16H27N5. The van der Waals surface area contributed by atoms with Gasteiger partial charge in [0.1, 0.15) is 17.5 Å². The lowest BCUT2D eigenvalue weighted by Crippen LogP contribution is -2.22. The maximum Gasteiger partial charge on any atom is 0.148 e. The quantitative estimate of drug-likeness (QED) is 0.573. The van der Waals surface area contributed by atoms with E-state index in [9.17, 15) is 0 Å². The van der Waals surface area contributed by atoms with Crippen molar-refractivity contribution in [2.45, 2.75) is 58.3 Å². The fourth-order valence-corrected chi connectivity index (χ4v) is 3.36. The SMILES string of the molecule is Cc1c(NN)nc(C2CC2)nc1NCC1CCCC(C)C1. The highest BCUT2D eigenvalue weighted by Crippen LogP contribution is 2.39. The molecule has 1 aromatic rings. The number of anilines is 2. The summed E-state index contributed by atoms with van der Waals surface area (Å²) < 4.78 is 0. The van der Waals surface area contributed by atoms with Crippen molar-refractivity contribution in [1.82, 2.24) is 9.97 Å². The molecule has 5 heteroatoms. The van der Waals surface area contributed by atoms with Crippen LogP contribution < -0.4 is 16.6 Å². The molecule has 1 aromatic heterocycles. The Labute approximate surface area is 127 Å². The molecule has 0 aliphatic heterocycles. The van der Waals surface area contributed by atoms with Gasteiger partial charge < -0.3 is 10.7 Å². The van der Waals surface area contributed by atoms with Crippen LogP contribution in [-0.4, -0.2) is 16.5 Å². The third-order valence-electron chi connectivity index (χ3n) is 4.85. The average molecular weight is 289 g/mol. The van der Waals surface area contributed by atoms with Gasteiger partial charge in [-0.25, -0.2) is 15.8 Å². The van der Waals surface area contributed by atoms with Crippen molar-refractivity contribution in [3.63, 3.8) is 0 Å². The number of nitrogens with zero attached hydrogens (tertiary/aromatic N) is 2. The summed E-state index contributed by atoms with van der Waals surface area (Å²) in [6.07, 6.45) is 7.81. The molecule has 0 radical (unpaired) electrons. The summed E-state index contributed by atoms with van der Waals surface area (Å²) in [7, 11) is 0. The van der Waals surface area contributed by atoms with Crippen molar-refractivity contribution in [2.75, 3.05) is 17.3 Å². The van der Waals surface area contributed by atoms with Crippen molar-refractivity contribution < 1.29 is 0 Å². The smallest absolute Gasteiger partial charge is 0.148 e. The second-order valence-electron chi connectivity index (χ2n) is 6.84. The zero-order valence-corrected chi connectivity index (χ0v) is 13.2. The largest absolute Gasteiger partial charge is 0.369 e. The molecule has 3 rings (SSSR count). The third-order valence-corrected chi connectivity index (χ3v) is 4.85. The highest BCUT2D eigenvalue weighted by Gasteiger charge is 2.28. The molecular weight excluding hydrogens is 262 g/mol. The Kier molecular flexibility index (Phi) is 4.29. The second kappa shape index (κ2) is 6.18. The lowest BCUT2D eigenvalue weighted by atomic mass is 9.82. The Morgan fingerprint density at radius 2 is 1.90 bits per heavy atom. The van der Waals surface area contributed by atoms with E-state index in [2.05, 4.69) is 22.7 Å². The van der Waals surface area contributed by atoms with Crippen LogP contribution in [0.2, 0.25) is 0 Å². The van der Waals surface area contributed by atoms with E-state index in [-0.39, 0.29) is 0 Å². The standard InChI is InChI=1S/C16H27N5/c1-10-4-3-5-12(8-10)9-18-14-11(2)15(21-17)20-16(19-14)13-6-7-13/h10,12-13H,3-9,17H2,1-2H3,(H2,18,19,20,21). The van der Waals surface area contributed by atoms with Crippen LogP contribution in [0.3, 0.4) is 0 Å². The molecule has 116 valence electrons. The summed E-state index contributed by atoms with van der Waals surface area (Å²) in [6.45, 7) is 5.40. The fourth-order valence-electron chi connectivity index (χ4n) is 3.36. The molecule has 2 aliphatic rings. The minimum absolute atomic E-state index is 0.535. The molecule has 1 heterocycles. The Hall–Kier alpha value is -1.36.